The Morgan fingerprint density at radius 1 is 1.22 bits per heavy atom. The number of nitrogens with zero attached hydrogens (tertiary/aromatic N) is 2. The van der Waals surface area contributed by atoms with Crippen LogP contribution in [0.1, 0.15) is 18.1 Å². The van der Waals surface area contributed by atoms with Gasteiger partial charge in [-0.05, 0) is 11.4 Å². The standard InChI is InChI=1S/C18H16N2O6S/c1-24-17(22)15(12-6-3-2-4-7-12)25-14(21)9-10-20-18(23)26-16(19-20)13-8-5-11-27-13/h2-8,11,15H,9-10H2,1H3. The van der Waals surface area contributed by atoms with Crippen LogP contribution in [0, 0.1) is 0 Å². The molecule has 0 radical (unpaired) electrons. The van der Waals surface area contributed by atoms with Gasteiger partial charge in [0.05, 0.1) is 25.0 Å². The molecule has 1 aromatic carbocycles. The Bertz CT molecular complexity index is 961. The van der Waals surface area contributed by atoms with Gasteiger partial charge in [-0.1, -0.05) is 36.4 Å². The third kappa shape index (κ3) is 4.50. The summed E-state index contributed by atoms with van der Waals surface area (Å²) < 4.78 is 16.1. The summed E-state index contributed by atoms with van der Waals surface area (Å²) in [5.41, 5.74) is 0.497. The molecule has 3 aromatic rings. The normalized spacial score (nSPS) is 11.7. The van der Waals surface area contributed by atoms with Gasteiger partial charge in [-0.25, -0.2) is 9.59 Å². The minimum atomic E-state index is -1.17. The average Bonchev–Trinajstić information content (AvgIpc) is 3.34. The molecule has 0 bridgehead atoms. The first kappa shape index (κ1) is 18.6. The maximum atomic E-state index is 12.2. The Balaban J connectivity index is 1.65. The number of ether oxygens (including phenoxy) is 2. The summed E-state index contributed by atoms with van der Waals surface area (Å²) in [6, 6.07) is 12.1. The molecular weight excluding hydrogens is 372 g/mol. The van der Waals surface area contributed by atoms with Crippen molar-refractivity contribution in [2.45, 2.75) is 19.1 Å². The summed E-state index contributed by atoms with van der Waals surface area (Å²) >= 11 is 1.38. The van der Waals surface area contributed by atoms with Gasteiger partial charge in [-0.2, -0.15) is 4.68 Å². The molecule has 9 heteroatoms. The minimum absolute atomic E-state index is 0.0325. The van der Waals surface area contributed by atoms with Crippen molar-refractivity contribution in [2.75, 3.05) is 7.11 Å². The number of thiophene rings is 1. The topological polar surface area (TPSA) is 101 Å². The lowest BCUT2D eigenvalue weighted by molar-refractivity contribution is -0.166. The van der Waals surface area contributed by atoms with Gasteiger partial charge < -0.3 is 13.9 Å². The van der Waals surface area contributed by atoms with Crippen LogP contribution in [-0.2, 0) is 25.6 Å². The summed E-state index contributed by atoms with van der Waals surface area (Å²) in [6.07, 6.45) is -1.32. The van der Waals surface area contributed by atoms with E-state index in [-0.39, 0.29) is 18.9 Å². The number of rotatable bonds is 7. The largest absolute Gasteiger partial charge is 0.466 e. The quantitative estimate of drug-likeness (QED) is 0.573. The third-order valence-electron chi connectivity index (χ3n) is 3.63. The third-order valence-corrected chi connectivity index (χ3v) is 4.49. The van der Waals surface area contributed by atoms with E-state index in [1.165, 1.54) is 18.4 Å². The van der Waals surface area contributed by atoms with Crippen molar-refractivity contribution in [2.24, 2.45) is 0 Å². The van der Waals surface area contributed by atoms with Crippen LogP contribution in [0.15, 0.2) is 57.1 Å². The number of hydrogen-bond donors (Lipinski definition) is 0. The molecule has 0 amide bonds. The fourth-order valence-corrected chi connectivity index (χ4v) is 2.97. The first-order valence-electron chi connectivity index (χ1n) is 8.02. The summed E-state index contributed by atoms with van der Waals surface area (Å²) in [5, 5.41) is 5.90. The number of aryl methyl sites for hydroxylation is 1. The first-order valence-corrected chi connectivity index (χ1v) is 8.90. The lowest BCUT2D eigenvalue weighted by atomic mass is 10.1. The molecule has 2 heterocycles. The Morgan fingerprint density at radius 2 is 2.00 bits per heavy atom. The van der Waals surface area contributed by atoms with Crippen molar-refractivity contribution in [3.63, 3.8) is 0 Å². The van der Waals surface area contributed by atoms with E-state index in [1.54, 1.807) is 36.4 Å². The number of carbonyl (C=O) groups excluding carboxylic acids is 2. The predicted molar refractivity (Wildman–Crippen MR) is 96.0 cm³/mol. The smallest absolute Gasteiger partial charge is 0.437 e. The van der Waals surface area contributed by atoms with E-state index in [4.69, 9.17) is 13.9 Å². The lowest BCUT2D eigenvalue weighted by Gasteiger charge is -2.15. The Morgan fingerprint density at radius 3 is 2.67 bits per heavy atom. The van der Waals surface area contributed by atoms with Gasteiger partial charge in [0, 0.05) is 5.56 Å². The second-order valence-electron chi connectivity index (χ2n) is 5.43. The fraction of sp³-hybridized carbons (Fsp3) is 0.222. The van der Waals surface area contributed by atoms with Crippen molar-refractivity contribution in [3.05, 3.63) is 64.0 Å². The monoisotopic (exact) mass is 388 g/mol. The maximum absolute atomic E-state index is 12.2. The second-order valence-corrected chi connectivity index (χ2v) is 6.38. The number of carbonyl (C=O) groups is 2. The Labute approximate surface area is 157 Å². The summed E-state index contributed by atoms with van der Waals surface area (Å²) in [5.74, 6) is -1.83. The molecule has 2 aromatic heterocycles. The van der Waals surface area contributed by atoms with Gasteiger partial charge in [0.15, 0.2) is 0 Å². The summed E-state index contributed by atoms with van der Waals surface area (Å²) in [6.45, 7) is -0.0325. The van der Waals surface area contributed by atoms with Gasteiger partial charge in [-0.15, -0.1) is 16.4 Å². The number of methoxy groups -OCH3 is 1. The molecule has 0 spiro atoms. The highest BCUT2D eigenvalue weighted by molar-refractivity contribution is 7.13. The Hall–Kier alpha value is -3.20. The van der Waals surface area contributed by atoms with E-state index in [2.05, 4.69) is 5.10 Å². The average molecular weight is 388 g/mol. The highest BCUT2D eigenvalue weighted by Crippen LogP contribution is 2.22. The first-order chi connectivity index (χ1) is 13.1. The van der Waals surface area contributed by atoms with E-state index < -0.39 is 23.8 Å². The predicted octanol–water partition coefficient (Wildman–Crippen LogP) is 2.41. The van der Waals surface area contributed by atoms with E-state index in [9.17, 15) is 14.4 Å². The second kappa shape index (κ2) is 8.45. The van der Waals surface area contributed by atoms with Crippen molar-refractivity contribution in [3.8, 4) is 10.8 Å². The highest BCUT2D eigenvalue weighted by atomic mass is 32.1. The van der Waals surface area contributed by atoms with Gasteiger partial charge >= 0.3 is 17.7 Å². The van der Waals surface area contributed by atoms with Gasteiger partial charge in [0.1, 0.15) is 0 Å². The summed E-state index contributed by atoms with van der Waals surface area (Å²) in [4.78, 5) is 36.7. The van der Waals surface area contributed by atoms with Crippen LogP contribution in [0.3, 0.4) is 0 Å². The molecule has 27 heavy (non-hydrogen) atoms. The van der Waals surface area contributed by atoms with Gasteiger partial charge in [-0.3, -0.25) is 4.79 Å². The van der Waals surface area contributed by atoms with Crippen LogP contribution < -0.4 is 5.76 Å². The van der Waals surface area contributed by atoms with E-state index >= 15 is 0 Å². The molecule has 0 aliphatic heterocycles. The zero-order chi connectivity index (χ0) is 19.2. The van der Waals surface area contributed by atoms with Crippen LogP contribution in [0.25, 0.3) is 10.8 Å². The Kier molecular flexibility index (Phi) is 5.82. The molecule has 8 nitrogen and oxygen atoms in total. The van der Waals surface area contributed by atoms with Gasteiger partial charge in [0.25, 0.3) is 5.89 Å². The van der Waals surface area contributed by atoms with E-state index in [0.29, 0.717) is 10.4 Å². The molecule has 0 aliphatic carbocycles. The van der Waals surface area contributed by atoms with Crippen molar-refractivity contribution < 1.29 is 23.5 Å². The fourth-order valence-electron chi connectivity index (χ4n) is 2.32. The van der Waals surface area contributed by atoms with Crippen LogP contribution in [0.4, 0.5) is 0 Å². The van der Waals surface area contributed by atoms with Crippen LogP contribution in [-0.4, -0.2) is 28.8 Å². The van der Waals surface area contributed by atoms with Gasteiger partial charge in [0.2, 0.25) is 6.10 Å². The molecular formula is C18H16N2O6S. The maximum Gasteiger partial charge on any atom is 0.437 e. The van der Waals surface area contributed by atoms with E-state index in [1.807, 2.05) is 11.4 Å². The number of hydrogen-bond acceptors (Lipinski definition) is 8. The number of aromatic nitrogens is 2. The molecule has 1 unspecified atom stereocenters. The van der Waals surface area contributed by atoms with Crippen LogP contribution in [0.5, 0.6) is 0 Å². The molecule has 140 valence electrons. The molecule has 0 aliphatic rings. The minimum Gasteiger partial charge on any atom is -0.466 e. The molecule has 1 atom stereocenters. The zero-order valence-corrected chi connectivity index (χ0v) is 15.2. The number of esters is 2. The number of benzene rings is 1. The molecule has 0 saturated carbocycles. The zero-order valence-electron chi connectivity index (χ0n) is 14.4. The highest BCUT2D eigenvalue weighted by Gasteiger charge is 2.25. The molecule has 0 saturated heterocycles. The summed E-state index contributed by atoms with van der Waals surface area (Å²) in [7, 11) is 1.22. The van der Waals surface area contributed by atoms with Crippen molar-refractivity contribution >= 4 is 23.3 Å². The lowest BCUT2D eigenvalue weighted by Crippen LogP contribution is -2.23. The van der Waals surface area contributed by atoms with Crippen LogP contribution >= 0.6 is 11.3 Å². The molecule has 0 fully saturated rings. The van der Waals surface area contributed by atoms with Crippen LogP contribution in [0.2, 0.25) is 0 Å². The van der Waals surface area contributed by atoms with Crippen molar-refractivity contribution in [1.29, 1.82) is 0 Å². The van der Waals surface area contributed by atoms with Crippen molar-refractivity contribution in [1.82, 2.24) is 9.78 Å². The SMILES string of the molecule is COC(=O)C(OC(=O)CCn1nc(-c2cccs2)oc1=O)c1ccccc1. The molecule has 0 N–H and O–H groups in total. The molecule has 3 rings (SSSR count). The van der Waals surface area contributed by atoms with E-state index in [0.717, 1.165) is 4.68 Å².